The van der Waals surface area contributed by atoms with E-state index in [1.165, 1.54) is 30.8 Å². The van der Waals surface area contributed by atoms with Crippen LogP contribution >= 0.6 is 11.5 Å². The average molecular weight is 240 g/mol. The van der Waals surface area contributed by atoms with Crippen molar-refractivity contribution in [2.75, 3.05) is 11.1 Å². The number of carbonyl (C=O) groups excluding carboxylic acids is 1. The number of rotatable bonds is 3. The molecule has 0 aromatic carbocycles. The lowest BCUT2D eigenvalue weighted by atomic mass is 9.95. The van der Waals surface area contributed by atoms with E-state index in [2.05, 4.69) is 9.69 Å². The maximum atomic E-state index is 11.2. The molecule has 0 unspecified atom stereocenters. The van der Waals surface area contributed by atoms with E-state index in [-0.39, 0.29) is 5.82 Å². The molecule has 1 heterocycles. The molecule has 16 heavy (non-hydrogen) atoms. The molecular weight excluding hydrogens is 224 g/mol. The van der Waals surface area contributed by atoms with E-state index in [0.29, 0.717) is 11.6 Å². The Bertz CT molecular complexity index is 384. The van der Waals surface area contributed by atoms with E-state index in [1.807, 2.05) is 0 Å². The Hall–Kier alpha value is -1.30. The number of anilines is 2. The van der Waals surface area contributed by atoms with Crippen LogP contribution < -0.4 is 16.8 Å². The Kier molecular flexibility index (Phi) is 3.28. The van der Waals surface area contributed by atoms with Gasteiger partial charge in [0.1, 0.15) is 10.6 Å². The monoisotopic (exact) mass is 240 g/mol. The molecule has 5 nitrogen and oxygen atoms in total. The zero-order valence-corrected chi connectivity index (χ0v) is 9.85. The van der Waals surface area contributed by atoms with Crippen molar-refractivity contribution in [3.8, 4) is 0 Å². The van der Waals surface area contributed by atoms with E-state index in [9.17, 15) is 4.79 Å². The summed E-state index contributed by atoms with van der Waals surface area (Å²) >= 11 is 1.21. The van der Waals surface area contributed by atoms with Gasteiger partial charge in [-0.05, 0) is 24.4 Å². The summed E-state index contributed by atoms with van der Waals surface area (Å²) in [7, 11) is 0. The number of hydrogen-bond donors (Lipinski definition) is 3. The second-order valence-corrected chi connectivity index (χ2v) is 4.89. The van der Waals surface area contributed by atoms with Gasteiger partial charge < -0.3 is 16.8 Å². The molecule has 0 spiro atoms. The Morgan fingerprint density at radius 2 is 2.06 bits per heavy atom. The Labute approximate surface area is 98.4 Å². The summed E-state index contributed by atoms with van der Waals surface area (Å²) < 4.78 is 3.96. The third-order valence-corrected chi connectivity index (χ3v) is 3.70. The first-order valence-electron chi connectivity index (χ1n) is 5.50. The van der Waals surface area contributed by atoms with Gasteiger partial charge in [-0.1, -0.05) is 19.3 Å². The minimum absolute atomic E-state index is 0.232. The number of carbonyl (C=O) groups is 1. The highest BCUT2D eigenvalue weighted by atomic mass is 32.1. The van der Waals surface area contributed by atoms with E-state index in [1.54, 1.807) is 0 Å². The third kappa shape index (κ3) is 2.27. The molecule has 0 bridgehead atoms. The van der Waals surface area contributed by atoms with Crippen LogP contribution in [0.4, 0.5) is 10.8 Å². The van der Waals surface area contributed by atoms with Crippen LogP contribution in [-0.2, 0) is 0 Å². The van der Waals surface area contributed by atoms with Gasteiger partial charge in [-0.3, -0.25) is 4.79 Å². The molecule has 0 saturated heterocycles. The van der Waals surface area contributed by atoms with E-state index >= 15 is 0 Å². The van der Waals surface area contributed by atoms with Crippen molar-refractivity contribution in [2.24, 2.45) is 5.73 Å². The van der Waals surface area contributed by atoms with Crippen LogP contribution in [0, 0.1) is 0 Å². The molecule has 1 aliphatic carbocycles. The fourth-order valence-corrected chi connectivity index (χ4v) is 2.87. The minimum Gasteiger partial charge on any atom is -0.382 e. The van der Waals surface area contributed by atoms with Gasteiger partial charge >= 0.3 is 0 Å². The zero-order chi connectivity index (χ0) is 11.5. The van der Waals surface area contributed by atoms with Gasteiger partial charge in [0.15, 0.2) is 5.82 Å². The molecule has 1 aliphatic rings. The van der Waals surface area contributed by atoms with E-state index < -0.39 is 5.91 Å². The van der Waals surface area contributed by atoms with Gasteiger partial charge in [0.25, 0.3) is 5.91 Å². The highest BCUT2D eigenvalue weighted by Crippen LogP contribution is 2.29. The van der Waals surface area contributed by atoms with Crippen molar-refractivity contribution >= 4 is 28.3 Å². The number of nitrogens with zero attached hydrogens (tertiary/aromatic N) is 1. The van der Waals surface area contributed by atoms with Crippen LogP contribution in [0.5, 0.6) is 0 Å². The summed E-state index contributed by atoms with van der Waals surface area (Å²) in [5, 5.41) is 4.05. The number of primary amides is 1. The number of nitrogens with two attached hydrogens (primary N) is 2. The van der Waals surface area contributed by atoms with Crippen LogP contribution in [-0.4, -0.2) is 16.3 Å². The lowest BCUT2D eigenvalue weighted by molar-refractivity contribution is 0.100. The van der Waals surface area contributed by atoms with E-state index in [4.69, 9.17) is 11.5 Å². The molecule has 0 radical (unpaired) electrons. The Morgan fingerprint density at radius 1 is 1.38 bits per heavy atom. The first-order chi connectivity index (χ1) is 7.68. The van der Waals surface area contributed by atoms with Crippen molar-refractivity contribution in [3.63, 3.8) is 0 Å². The molecule has 1 aromatic rings. The maximum absolute atomic E-state index is 11.2. The fraction of sp³-hybridized carbons (Fsp3) is 0.600. The molecule has 0 atom stereocenters. The molecule has 1 saturated carbocycles. The van der Waals surface area contributed by atoms with E-state index in [0.717, 1.165) is 17.8 Å². The minimum atomic E-state index is -0.510. The maximum Gasteiger partial charge on any atom is 0.255 e. The zero-order valence-electron chi connectivity index (χ0n) is 9.03. The topological polar surface area (TPSA) is 94.0 Å². The highest BCUT2D eigenvalue weighted by molar-refractivity contribution is 7.11. The average Bonchev–Trinajstić information content (AvgIpc) is 2.61. The predicted octanol–water partition coefficient (Wildman–Crippen LogP) is 1.57. The highest BCUT2D eigenvalue weighted by Gasteiger charge is 2.20. The van der Waals surface area contributed by atoms with Crippen LogP contribution in [0.2, 0.25) is 0 Å². The van der Waals surface area contributed by atoms with Crippen molar-refractivity contribution in [1.29, 1.82) is 0 Å². The van der Waals surface area contributed by atoms with Crippen molar-refractivity contribution in [1.82, 2.24) is 4.37 Å². The Balaban J connectivity index is 2.11. The Morgan fingerprint density at radius 3 is 2.69 bits per heavy atom. The van der Waals surface area contributed by atoms with Crippen LogP contribution in [0.1, 0.15) is 42.5 Å². The summed E-state index contributed by atoms with van der Waals surface area (Å²) in [6, 6.07) is 0.423. The van der Waals surface area contributed by atoms with Crippen molar-refractivity contribution < 1.29 is 4.79 Å². The molecular formula is C10H16N4OS. The van der Waals surface area contributed by atoms with Crippen LogP contribution in [0.25, 0.3) is 0 Å². The molecule has 1 fully saturated rings. The quantitative estimate of drug-likeness (QED) is 0.747. The number of nitrogen functional groups attached to an aromatic ring is 1. The van der Waals surface area contributed by atoms with Crippen LogP contribution in [0.15, 0.2) is 0 Å². The molecule has 2 rings (SSSR count). The molecule has 0 aliphatic heterocycles. The van der Waals surface area contributed by atoms with Gasteiger partial charge in [0.05, 0.1) is 0 Å². The van der Waals surface area contributed by atoms with Gasteiger partial charge in [0.2, 0.25) is 0 Å². The second kappa shape index (κ2) is 4.69. The first-order valence-corrected chi connectivity index (χ1v) is 6.27. The molecule has 88 valence electrons. The number of amides is 1. The largest absolute Gasteiger partial charge is 0.382 e. The summed E-state index contributed by atoms with van der Waals surface area (Å²) in [5.41, 5.74) is 11.2. The molecule has 1 aromatic heterocycles. The normalized spacial score (nSPS) is 17.2. The smallest absolute Gasteiger partial charge is 0.255 e. The SMILES string of the molecule is NC(=O)c1c(N)nsc1NC1CCCCC1. The molecule has 5 N–H and O–H groups in total. The van der Waals surface area contributed by atoms with Gasteiger partial charge in [-0.2, -0.15) is 4.37 Å². The summed E-state index contributed by atoms with van der Waals surface area (Å²) in [5.74, 6) is -0.277. The van der Waals surface area contributed by atoms with Crippen molar-refractivity contribution in [2.45, 2.75) is 38.1 Å². The van der Waals surface area contributed by atoms with Crippen molar-refractivity contribution in [3.05, 3.63) is 5.56 Å². The lowest BCUT2D eigenvalue weighted by Gasteiger charge is -2.23. The third-order valence-electron chi connectivity index (χ3n) is 2.91. The number of hydrogen-bond acceptors (Lipinski definition) is 5. The summed E-state index contributed by atoms with van der Waals surface area (Å²) in [6.45, 7) is 0. The van der Waals surface area contributed by atoms with Gasteiger partial charge in [-0.15, -0.1) is 0 Å². The summed E-state index contributed by atoms with van der Waals surface area (Å²) in [4.78, 5) is 11.2. The standard InChI is InChI=1S/C10H16N4OS/c11-8-7(9(12)15)10(16-14-8)13-6-4-2-1-3-5-6/h6,13H,1-5H2,(H2,11,14)(H2,12,15). The molecule has 1 amide bonds. The second-order valence-electron chi connectivity index (χ2n) is 4.12. The first kappa shape index (κ1) is 11.2. The van der Waals surface area contributed by atoms with Gasteiger partial charge in [-0.25, -0.2) is 0 Å². The van der Waals surface area contributed by atoms with Crippen LogP contribution in [0.3, 0.4) is 0 Å². The number of aromatic nitrogens is 1. The summed E-state index contributed by atoms with van der Waals surface area (Å²) in [6.07, 6.45) is 6.04. The van der Waals surface area contributed by atoms with Gasteiger partial charge in [0, 0.05) is 6.04 Å². The lowest BCUT2D eigenvalue weighted by Crippen LogP contribution is -2.23. The number of nitrogens with one attached hydrogen (secondary N) is 1. The predicted molar refractivity (Wildman–Crippen MR) is 65.5 cm³/mol. The fourth-order valence-electron chi connectivity index (χ4n) is 2.07. The molecule has 6 heteroatoms.